The van der Waals surface area contributed by atoms with Gasteiger partial charge in [-0.1, -0.05) is 12.2 Å². The zero-order chi connectivity index (χ0) is 13.7. The van der Waals surface area contributed by atoms with Gasteiger partial charge >= 0.3 is 0 Å². The average Bonchev–Trinajstić information content (AvgIpc) is 2.40. The molecule has 0 bridgehead atoms. The topological polar surface area (TPSA) is 38.3 Å². The Labute approximate surface area is 114 Å². The second-order valence-electron chi connectivity index (χ2n) is 5.16. The fourth-order valence-corrected chi connectivity index (χ4v) is 2.28. The van der Waals surface area contributed by atoms with Crippen molar-refractivity contribution in [2.75, 3.05) is 19.0 Å². The SMILES string of the molecule is C=C1CC(CCC(=O)COc2ccc(NC)cc2)C1. The van der Waals surface area contributed by atoms with Gasteiger partial charge in [0.1, 0.15) is 12.4 Å². The van der Waals surface area contributed by atoms with E-state index < -0.39 is 0 Å². The molecular formula is C16H21NO2. The van der Waals surface area contributed by atoms with Gasteiger partial charge in [0.2, 0.25) is 0 Å². The van der Waals surface area contributed by atoms with E-state index in [4.69, 9.17) is 4.74 Å². The van der Waals surface area contributed by atoms with Gasteiger partial charge in [-0.15, -0.1) is 0 Å². The molecule has 1 fully saturated rings. The Balaban J connectivity index is 1.66. The summed E-state index contributed by atoms with van der Waals surface area (Å²) in [6, 6.07) is 7.60. The summed E-state index contributed by atoms with van der Waals surface area (Å²) in [5.74, 6) is 1.59. The minimum atomic E-state index is 0.173. The molecular weight excluding hydrogens is 238 g/mol. The fourth-order valence-electron chi connectivity index (χ4n) is 2.28. The summed E-state index contributed by atoms with van der Waals surface area (Å²) in [5, 5.41) is 3.04. The van der Waals surface area contributed by atoms with Crippen molar-refractivity contribution in [2.24, 2.45) is 5.92 Å². The molecule has 0 unspecified atom stereocenters. The van der Waals surface area contributed by atoms with E-state index in [1.165, 1.54) is 5.57 Å². The number of carbonyl (C=O) groups is 1. The van der Waals surface area contributed by atoms with Gasteiger partial charge in [0.05, 0.1) is 0 Å². The van der Waals surface area contributed by atoms with Gasteiger partial charge in [0.25, 0.3) is 0 Å². The second kappa shape index (κ2) is 6.41. The molecule has 1 saturated carbocycles. The lowest BCUT2D eigenvalue weighted by molar-refractivity contribution is -0.121. The van der Waals surface area contributed by atoms with Gasteiger partial charge in [0.15, 0.2) is 5.78 Å². The number of ketones is 1. The minimum Gasteiger partial charge on any atom is -0.486 e. The number of hydrogen-bond acceptors (Lipinski definition) is 3. The predicted octanol–water partition coefficient (Wildman–Crippen LogP) is 3.42. The molecule has 3 nitrogen and oxygen atoms in total. The van der Waals surface area contributed by atoms with Gasteiger partial charge in [-0.2, -0.15) is 0 Å². The molecule has 0 radical (unpaired) electrons. The number of ether oxygens (including phenoxy) is 1. The summed E-state index contributed by atoms with van der Waals surface area (Å²) < 4.78 is 5.48. The van der Waals surface area contributed by atoms with Crippen molar-refractivity contribution in [1.82, 2.24) is 0 Å². The van der Waals surface area contributed by atoms with E-state index in [2.05, 4.69) is 11.9 Å². The zero-order valence-electron chi connectivity index (χ0n) is 11.4. The number of carbonyl (C=O) groups excluding carboxylic acids is 1. The Morgan fingerprint density at radius 2 is 2.05 bits per heavy atom. The van der Waals surface area contributed by atoms with Crippen molar-refractivity contribution in [2.45, 2.75) is 25.7 Å². The Kier molecular flexibility index (Phi) is 4.61. The third kappa shape index (κ3) is 4.12. The van der Waals surface area contributed by atoms with E-state index in [0.29, 0.717) is 12.3 Å². The number of nitrogens with one attached hydrogen (secondary N) is 1. The van der Waals surface area contributed by atoms with Gasteiger partial charge in [-0.25, -0.2) is 0 Å². The van der Waals surface area contributed by atoms with Gasteiger partial charge in [0, 0.05) is 19.2 Å². The molecule has 0 aliphatic heterocycles. The van der Waals surface area contributed by atoms with Crippen molar-refractivity contribution in [3.8, 4) is 5.75 Å². The van der Waals surface area contributed by atoms with Crippen molar-refractivity contribution in [3.63, 3.8) is 0 Å². The van der Waals surface area contributed by atoms with Crippen LogP contribution in [0.15, 0.2) is 36.4 Å². The standard InChI is InChI=1S/C16H21NO2/c1-12-9-13(10-12)3-6-15(18)11-19-16-7-4-14(17-2)5-8-16/h4-5,7-8,13,17H,1,3,6,9-11H2,2H3. The monoisotopic (exact) mass is 259 g/mol. The number of allylic oxidation sites excluding steroid dienone is 1. The van der Waals surface area contributed by atoms with Crippen molar-refractivity contribution in [3.05, 3.63) is 36.4 Å². The first kappa shape index (κ1) is 13.7. The lowest BCUT2D eigenvalue weighted by atomic mass is 9.78. The quantitative estimate of drug-likeness (QED) is 0.762. The maximum Gasteiger partial charge on any atom is 0.170 e. The van der Waals surface area contributed by atoms with E-state index in [0.717, 1.165) is 30.7 Å². The third-order valence-electron chi connectivity index (χ3n) is 3.53. The summed E-state index contributed by atoms with van der Waals surface area (Å²) in [4.78, 5) is 11.7. The summed E-state index contributed by atoms with van der Waals surface area (Å²) in [7, 11) is 1.87. The molecule has 1 N–H and O–H groups in total. The van der Waals surface area contributed by atoms with E-state index in [1.54, 1.807) is 0 Å². The van der Waals surface area contributed by atoms with Crippen molar-refractivity contribution < 1.29 is 9.53 Å². The van der Waals surface area contributed by atoms with Crippen LogP contribution in [0.1, 0.15) is 25.7 Å². The average molecular weight is 259 g/mol. The number of Topliss-reactive ketones (excluding diaryl/α,β-unsaturated/α-hetero) is 1. The molecule has 0 saturated heterocycles. The van der Waals surface area contributed by atoms with Crippen molar-refractivity contribution >= 4 is 11.5 Å². The molecule has 0 atom stereocenters. The van der Waals surface area contributed by atoms with Crippen LogP contribution in [-0.2, 0) is 4.79 Å². The number of anilines is 1. The Morgan fingerprint density at radius 3 is 2.63 bits per heavy atom. The summed E-state index contributed by atoms with van der Waals surface area (Å²) >= 11 is 0. The summed E-state index contributed by atoms with van der Waals surface area (Å²) in [6.07, 6.45) is 3.78. The molecule has 0 heterocycles. The van der Waals surface area contributed by atoms with Crippen LogP contribution < -0.4 is 10.1 Å². The number of hydrogen-bond donors (Lipinski definition) is 1. The van der Waals surface area contributed by atoms with Crippen LogP contribution in [0.2, 0.25) is 0 Å². The van der Waals surface area contributed by atoms with Gasteiger partial charge < -0.3 is 10.1 Å². The Morgan fingerprint density at radius 1 is 1.37 bits per heavy atom. The van der Waals surface area contributed by atoms with Crippen LogP contribution in [0.4, 0.5) is 5.69 Å². The second-order valence-corrected chi connectivity index (χ2v) is 5.16. The summed E-state index contributed by atoms with van der Waals surface area (Å²) in [6.45, 7) is 4.09. The maximum absolute atomic E-state index is 11.7. The first-order chi connectivity index (χ1) is 9.17. The normalized spacial score (nSPS) is 14.9. The fraction of sp³-hybridized carbons (Fsp3) is 0.438. The molecule has 0 spiro atoms. The highest BCUT2D eigenvalue weighted by Crippen LogP contribution is 2.34. The molecule has 19 heavy (non-hydrogen) atoms. The zero-order valence-corrected chi connectivity index (χ0v) is 11.4. The van der Waals surface area contributed by atoms with Crippen LogP contribution in [0.3, 0.4) is 0 Å². The van der Waals surface area contributed by atoms with E-state index >= 15 is 0 Å². The predicted molar refractivity (Wildman–Crippen MR) is 77.6 cm³/mol. The highest BCUT2D eigenvalue weighted by molar-refractivity contribution is 5.79. The highest BCUT2D eigenvalue weighted by Gasteiger charge is 2.21. The molecule has 0 aromatic heterocycles. The summed E-state index contributed by atoms with van der Waals surface area (Å²) in [5.41, 5.74) is 2.35. The molecule has 102 valence electrons. The first-order valence-corrected chi connectivity index (χ1v) is 6.76. The van der Waals surface area contributed by atoms with Crippen LogP contribution >= 0.6 is 0 Å². The van der Waals surface area contributed by atoms with Crippen LogP contribution in [0, 0.1) is 5.92 Å². The van der Waals surface area contributed by atoms with Gasteiger partial charge in [-0.3, -0.25) is 4.79 Å². The molecule has 0 amide bonds. The third-order valence-corrected chi connectivity index (χ3v) is 3.53. The Bertz CT molecular complexity index is 442. The number of rotatable bonds is 7. The van der Waals surface area contributed by atoms with E-state index in [-0.39, 0.29) is 12.4 Å². The first-order valence-electron chi connectivity index (χ1n) is 6.76. The van der Waals surface area contributed by atoms with Crippen LogP contribution in [0.25, 0.3) is 0 Å². The molecule has 1 aliphatic rings. The highest BCUT2D eigenvalue weighted by atomic mass is 16.5. The lowest BCUT2D eigenvalue weighted by Gasteiger charge is -2.27. The van der Waals surface area contributed by atoms with Crippen LogP contribution in [0.5, 0.6) is 5.75 Å². The van der Waals surface area contributed by atoms with E-state index in [1.807, 2.05) is 31.3 Å². The Hall–Kier alpha value is -1.77. The smallest absolute Gasteiger partial charge is 0.170 e. The van der Waals surface area contributed by atoms with E-state index in [9.17, 15) is 4.79 Å². The van der Waals surface area contributed by atoms with Crippen LogP contribution in [-0.4, -0.2) is 19.4 Å². The maximum atomic E-state index is 11.7. The van der Waals surface area contributed by atoms with Gasteiger partial charge in [-0.05, 0) is 49.4 Å². The molecule has 3 heteroatoms. The molecule has 1 aromatic rings. The van der Waals surface area contributed by atoms with Crippen molar-refractivity contribution in [1.29, 1.82) is 0 Å². The largest absolute Gasteiger partial charge is 0.486 e. The minimum absolute atomic E-state index is 0.173. The number of benzene rings is 1. The molecule has 1 aromatic carbocycles. The molecule has 1 aliphatic carbocycles. The molecule has 2 rings (SSSR count). The lowest BCUT2D eigenvalue weighted by Crippen LogP contribution is -2.17.